The molecule has 146 valence electrons. The predicted octanol–water partition coefficient (Wildman–Crippen LogP) is 3.88. The molecule has 0 aliphatic carbocycles. The van der Waals surface area contributed by atoms with Crippen LogP contribution in [0.3, 0.4) is 0 Å². The monoisotopic (exact) mass is 380 g/mol. The fourth-order valence-corrected chi connectivity index (χ4v) is 2.64. The van der Waals surface area contributed by atoms with Crippen LogP contribution in [0, 0.1) is 6.92 Å². The minimum atomic E-state index is -0.250. The first-order chi connectivity index (χ1) is 13.7. The third-order valence-electron chi connectivity index (χ3n) is 4.12. The number of hydrogen-bond acceptors (Lipinski definition) is 6. The number of esters is 1. The lowest BCUT2D eigenvalue weighted by atomic mass is 10.2. The van der Waals surface area contributed by atoms with Crippen LogP contribution in [0.2, 0.25) is 0 Å². The molecule has 0 unspecified atom stereocenters. The van der Waals surface area contributed by atoms with Crippen LogP contribution in [0.4, 0.5) is 0 Å². The van der Waals surface area contributed by atoms with Gasteiger partial charge in [-0.25, -0.2) is 4.98 Å². The van der Waals surface area contributed by atoms with Crippen molar-refractivity contribution < 1.29 is 18.7 Å². The molecule has 0 radical (unpaired) electrons. The molecule has 0 bridgehead atoms. The molecule has 0 saturated carbocycles. The van der Waals surface area contributed by atoms with Crippen molar-refractivity contribution in [2.24, 2.45) is 0 Å². The van der Waals surface area contributed by atoms with Crippen LogP contribution in [0.25, 0.3) is 11.5 Å². The Morgan fingerprint density at radius 3 is 2.57 bits per heavy atom. The first kappa shape index (κ1) is 19.6. The SMILES string of the molecule is CCOC(=O)CNCc1ccc(OCc2nc(-c3ccccc3)oc2C)cc1. The smallest absolute Gasteiger partial charge is 0.319 e. The van der Waals surface area contributed by atoms with Crippen molar-refractivity contribution in [3.05, 3.63) is 71.6 Å². The van der Waals surface area contributed by atoms with E-state index in [0.29, 0.717) is 25.6 Å². The fraction of sp³-hybridized carbons (Fsp3) is 0.273. The molecule has 28 heavy (non-hydrogen) atoms. The van der Waals surface area contributed by atoms with Gasteiger partial charge in [-0.1, -0.05) is 30.3 Å². The van der Waals surface area contributed by atoms with E-state index in [1.165, 1.54) is 0 Å². The minimum Gasteiger partial charge on any atom is -0.487 e. The molecule has 1 N–H and O–H groups in total. The number of hydrogen-bond donors (Lipinski definition) is 1. The molecule has 0 saturated heterocycles. The molecule has 3 rings (SSSR count). The topological polar surface area (TPSA) is 73.6 Å². The number of carbonyl (C=O) groups excluding carboxylic acids is 1. The number of aryl methyl sites for hydroxylation is 1. The lowest BCUT2D eigenvalue weighted by Crippen LogP contribution is -2.24. The maximum absolute atomic E-state index is 11.3. The Bertz CT molecular complexity index is 889. The Labute approximate surface area is 164 Å². The number of benzene rings is 2. The maximum atomic E-state index is 11.3. The molecule has 6 nitrogen and oxygen atoms in total. The lowest BCUT2D eigenvalue weighted by Gasteiger charge is -2.07. The molecule has 2 aromatic carbocycles. The van der Waals surface area contributed by atoms with E-state index in [-0.39, 0.29) is 12.5 Å². The molecule has 0 aliphatic heterocycles. The molecule has 0 atom stereocenters. The minimum absolute atomic E-state index is 0.196. The molecular formula is C22H24N2O4. The second-order valence-electron chi connectivity index (χ2n) is 6.23. The normalized spacial score (nSPS) is 10.6. The molecule has 3 aromatic rings. The highest BCUT2D eigenvalue weighted by Crippen LogP contribution is 2.22. The Morgan fingerprint density at radius 2 is 1.86 bits per heavy atom. The highest BCUT2D eigenvalue weighted by Gasteiger charge is 2.11. The van der Waals surface area contributed by atoms with Gasteiger partial charge in [0.05, 0.1) is 13.2 Å². The number of nitrogens with one attached hydrogen (secondary N) is 1. The summed E-state index contributed by atoms with van der Waals surface area (Å²) in [4.78, 5) is 15.8. The van der Waals surface area contributed by atoms with Crippen molar-refractivity contribution in [3.8, 4) is 17.2 Å². The van der Waals surface area contributed by atoms with Gasteiger partial charge in [-0.05, 0) is 43.7 Å². The summed E-state index contributed by atoms with van der Waals surface area (Å²) in [6, 6.07) is 17.5. The Morgan fingerprint density at radius 1 is 1.11 bits per heavy atom. The molecule has 0 amide bonds. The van der Waals surface area contributed by atoms with Gasteiger partial charge >= 0.3 is 5.97 Å². The van der Waals surface area contributed by atoms with Gasteiger partial charge in [-0.3, -0.25) is 4.79 Å². The summed E-state index contributed by atoms with van der Waals surface area (Å²) in [6.45, 7) is 5.19. The fourth-order valence-electron chi connectivity index (χ4n) is 2.64. The van der Waals surface area contributed by atoms with E-state index in [0.717, 1.165) is 28.3 Å². The number of nitrogens with zero attached hydrogens (tertiary/aromatic N) is 1. The van der Waals surface area contributed by atoms with E-state index in [1.54, 1.807) is 6.92 Å². The number of aromatic nitrogens is 1. The van der Waals surface area contributed by atoms with Gasteiger partial charge in [0.2, 0.25) is 5.89 Å². The van der Waals surface area contributed by atoms with Crippen LogP contribution < -0.4 is 10.1 Å². The summed E-state index contributed by atoms with van der Waals surface area (Å²) >= 11 is 0. The van der Waals surface area contributed by atoms with Crippen LogP contribution in [0.1, 0.15) is 23.9 Å². The van der Waals surface area contributed by atoms with E-state index in [1.807, 2.05) is 61.5 Å². The second-order valence-corrected chi connectivity index (χ2v) is 6.23. The van der Waals surface area contributed by atoms with E-state index in [9.17, 15) is 4.79 Å². The van der Waals surface area contributed by atoms with Crippen LogP contribution in [0.5, 0.6) is 5.75 Å². The number of oxazole rings is 1. The summed E-state index contributed by atoms with van der Waals surface area (Å²) in [5.74, 6) is 1.84. The summed E-state index contributed by atoms with van der Waals surface area (Å²) in [5, 5.41) is 3.05. The van der Waals surface area contributed by atoms with Crippen molar-refractivity contribution in [1.82, 2.24) is 10.3 Å². The van der Waals surface area contributed by atoms with Gasteiger partial charge in [0.1, 0.15) is 23.8 Å². The van der Waals surface area contributed by atoms with Gasteiger partial charge < -0.3 is 19.2 Å². The number of rotatable bonds is 9. The Kier molecular flexibility index (Phi) is 6.81. The van der Waals surface area contributed by atoms with Crippen molar-refractivity contribution in [2.45, 2.75) is 27.0 Å². The average Bonchev–Trinajstić information content (AvgIpc) is 3.09. The predicted molar refractivity (Wildman–Crippen MR) is 106 cm³/mol. The van der Waals surface area contributed by atoms with Crippen molar-refractivity contribution in [1.29, 1.82) is 0 Å². The van der Waals surface area contributed by atoms with E-state index in [2.05, 4.69) is 10.3 Å². The standard InChI is InChI=1S/C22H24N2O4/c1-3-26-21(25)14-23-13-17-9-11-19(12-10-17)27-15-20-16(2)28-22(24-20)18-7-5-4-6-8-18/h4-12,23H,3,13-15H2,1-2H3. The average molecular weight is 380 g/mol. The van der Waals surface area contributed by atoms with E-state index >= 15 is 0 Å². The molecule has 0 aliphatic rings. The maximum Gasteiger partial charge on any atom is 0.319 e. The highest BCUT2D eigenvalue weighted by molar-refractivity contribution is 5.71. The Hall–Kier alpha value is -3.12. The molecular weight excluding hydrogens is 356 g/mol. The molecule has 0 fully saturated rings. The van der Waals surface area contributed by atoms with Gasteiger partial charge in [0, 0.05) is 12.1 Å². The first-order valence-electron chi connectivity index (χ1n) is 9.25. The summed E-state index contributed by atoms with van der Waals surface area (Å²) in [5.41, 5.74) is 2.77. The van der Waals surface area contributed by atoms with Gasteiger partial charge in [0.25, 0.3) is 0 Å². The largest absolute Gasteiger partial charge is 0.487 e. The summed E-state index contributed by atoms with van der Waals surface area (Å²) in [6.07, 6.45) is 0. The summed E-state index contributed by atoms with van der Waals surface area (Å²) < 4.78 is 16.5. The van der Waals surface area contributed by atoms with Crippen molar-refractivity contribution in [2.75, 3.05) is 13.2 Å². The van der Waals surface area contributed by atoms with Crippen LogP contribution >= 0.6 is 0 Å². The van der Waals surface area contributed by atoms with Crippen LogP contribution in [0.15, 0.2) is 59.0 Å². The first-order valence-corrected chi connectivity index (χ1v) is 9.25. The zero-order valence-electron chi connectivity index (χ0n) is 16.1. The molecule has 0 spiro atoms. The van der Waals surface area contributed by atoms with Crippen molar-refractivity contribution >= 4 is 5.97 Å². The highest BCUT2D eigenvalue weighted by atomic mass is 16.5. The lowest BCUT2D eigenvalue weighted by molar-refractivity contribution is -0.142. The zero-order valence-corrected chi connectivity index (χ0v) is 16.1. The van der Waals surface area contributed by atoms with Crippen LogP contribution in [-0.2, 0) is 22.7 Å². The summed E-state index contributed by atoms with van der Waals surface area (Å²) in [7, 11) is 0. The van der Waals surface area contributed by atoms with Gasteiger partial charge in [-0.15, -0.1) is 0 Å². The molecule has 1 heterocycles. The molecule has 6 heteroatoms. The second kappa shape index (κ2) is 9.71. The van der Waals surface area contributed by atoms with E-state index < -0.39 is 0 Å². The third kappa shape index (κ3) is 5.44. The number of ether oxygens (including phenoxy) is 2. The van der Waals surface area contributed by atoms with Gasteiger partial charge in [0.15, 0.2) is 0 Å². The zero-order chi connectivity index (χ0) is 19.8. The van der Waals surface area contributed by atoms with Crippen LogP contribution in [-0.4, -0.2) is 24.1 Å². The number of carbonyl (C=O) groups is 1. The Balaban J connectivity index is 1.51. The quantitative estimate of drug-likeness (QED) is 0.568. The van der Waals surface area contributed by atoms with Crippen molar-refractivity contribution in [3.63, 3.8) is 0 Å². The van der Waals surface area contributed by atoms with Gasteiger partial charge in [-0.2, -0.15) is 0 Å². The third-order valence-corrected chi connectivity index (χ3v) is 4.12. The molecule has 1 aromatic heterocycles. The van der Waals surface area contributed by atoms with E-state index in [4.69, 9.17) is 13.9 Å².